The molecule has 1 aliphatic rings. The van der Waals surface area contributed by atoms with Crippen LogP contribution in [0.3, 0.4) is 0 Å². The van der Waals surface area contributed by atoms with Crippen molar-refractivity contribution in [3.05, 3.63) is 71.0 Å². The van der Waals surface area contributed by atoms with Crippen LogP contribution >= 0.6 is 25.3 Å². The molecule has 8 heteroatoms. The zero-order valence-corrected chi connectivity index (χ0v) is 21.8. The quantitative estimate of drug-likeness (QED) is 0.384. The molecule has 33 heavy (non-hydrogen) atoms. The smallest absolute Gasteiger partial charge is 0.275 e. The van der Waals surface area contributed by atoms with E-state index in [2.05, 4.69) is 79.6 Å². The van der Waals surface area contributed by atoms with Gasteiger partial charge < -0.3 is 16.0 Å². The maximum absolute atomic E-state index is 12.1. The Morgan fingerprint density at radius 2 is 1.45 bits per heavy atom. The van der Waals surface area contributed by atoms with Crippen LogP contribution < -0.4 is 11.1 Å². The lowest BCUT2D eigenvalue weighted by Gasteiger charge is -2.22. The fourth-order valence-corrected chi connectivity index (χ4v) is 3.23. The van der Waals surface area contributed by atoms with Crippen LogP contribution in [0.15, 0.2) is 48.5 Å². The summed E-state index contributed by atoms with van der Waals surface area (Å²) in [4.78, 5) is 20.9. The first-order chi connectivity index (χ1) is 15.5. The Morgan fingerprint density at radius 3 is 1.82 bits per heavy atom. The Hall–Kier alpha value is -2.03. The second-order valence-electron chi connectivity index (χ2n) is 8.00. The van der Waals surface area contributed by atoms with Crippen molar-refractivity contribution in [1.82, 2.24) is 10.2 Å². The van der Waals surface area contributed by atoms with Gasteiger partial charge in [-0.1, -0.05) is 86.5 Å². The Labute approximate surface area is 209 Å². The first kappa shape index (κ1) is 31.0. The van der Waals surface area contributed by atoms with E-state index in [-0.39, 0.29) is 11.1 Å². The number of rotatable bonds is 3. The van der Waals surface area contributed by atoms with Gasteiger partial charge in [0.2, 0.25) is 0 Å². The van der Waals surface area contributed by atoms with Crippen LogP contribution in [0.2, 0.25) is 0 Å². The topological polar surface area (TPSA) is 75.4 Å². The molecular formula is C25H38FN3O2S2. The lowest BCUT2D eigenvalue weighted by atomic mass is 9.84. The number of hydrogen-bond donors (Lipinski definition) is 4. The van der Waals surface area contributed by atoms with Crippen molar-refractivity contribution in [2.24, 2.45) is 5.73 Å². The highest BCUT2D eigenvalue weighted by Gasteiger charge is 2.14. The standard InChI is InChI=1S/C15H23N.C7H7F.C2H5NOS.CH3NOS/c1-16(2)12-13-8-10-15(11-9-13)14-6-4-3-5-7-14;1-6-2-4-7(8)5-3-6;1-3-2(4)5;2-1(3)4/h8-11,14H,3-7,12H2,1-2H3;2-5H,1H3;1H3,(H2,3,4,5);(H3,2,3,4). The zero-order chi connectivity index (χ0) is 25.2. The summed E-state index contributed by atoms with van der Waals surface area (Å²) in [6.45, 7) is 2.98. The first-order valence-corrected chi connectivity index (χ1v) is 11.8. The van der Waals surface area contributed by atoms with Gasteiger partial charge in [-0.05, 0) is 63.0 Å². The highest BCUT2D eigenvalue weighted by molar-refractivity contribution is 7.96. The van der Waals surface area contributed by atoms with Crippen molar-refractivity contribution in [3.8, 4) is 0 Å². The molecule has 3 N–H and O–H groups in total. The van der Waals surface area contributed by atoms with Gasteiger partial charge in [-0.3, -0.25) is 9.59 Å². The van der Waals surface area contributed by atoms with E-state index >= 15 is 0 Å². The highest BCUT2D eigenvalue weighted by Crippen LogP contribution is 2.32. The van der Waals surface area contributed by atoms with Gasteiger partial charge in [0.05, 0.1) is 0 Å². The predicted molar refractivity (Wildman–Crippen MR) is 143 cm³/mol. The second-order valence-corrected chi connectivity index (χ2v) is 8.85. The molecule has 0 heterocycles. The highest BCUT2D eigenvalue weighted by atomic mass is 32.1. The van der Waals surface area contributed by atoms with Crippen LogP contribution in [0, 0.1) is 12.7 Å². The van der Waals surface area contributed by atoms with Crippen molar-refractivity contribution in [2.45, 2.75) is 51.5 Å². The van der Waals surface area contributed by atoms with E-state index in [4.69, 9.17) is 4.79 Å². The number of nitrogens with zero attached hydrogens (tertiary/aromatic N) is 1. The minimum absolute atomic E-state index is 0.171. The van der Waals surface area contributed by atoms with Crippen molar-refractivity contribution in [1.29, 1.82) is 0 Å². The molecule has 1 saturated carbocycles. The molecule has 0 unspecified atom stereocenters. The summed E-state index contributed by atoms with van der Waals surface area (Å²) in [5.74, 6) is 0.665. The lowest BCUT2D eigenvalue weighted by Crippen LogP contribution is -2.10. The molecule has 0 saturated heterocycles. The van der Waals surface area contributed by atoms with E-state index in [0.717, 1.165) is 18.0 Å². The molecule has 0 aliphatic heterocycles. The summed E-state index contributed by atoms with van der Waals surface area (Å²) in [5.41, 5.74) is 8.40. The van der Waals surface area contributed by atoms with Crippen molar-refractivity contribution >= 4 is 35.7 Å². The van der Waals surface area contributed by atoms with Crippen LogP contribution in [-0.2, 0) is 6.54 Å². The van der Waals surface area contributed by atoms with Crippen LogP contribution in [0.4, 0.5) is 14.0 Å². The van der Waals surface area contributed by atoms with Crippen molar-refractivity contribution < 1.29 is 14.0 Å². The fourth-order valence-electron chi connectivity index (χ4n) is 3.23. The molecule has 0 aromatic heterocycles. The average molecular weight is 496 g/mol. The number of amides is 2. The van der Waals surface area contributed by atoms with Crippen LogP contribution in [0.25, 0.3) is 0 Å². The molecule has 2 amide bonds. The Bertz CT molecular complexity index is 769. The number of nitrogens with one attached hydrogen (secondary N) is 1. The van der Waals surface area contributed by atoms with Gasteiger partial charge in [0.1, 0.15) is 5.82 Å². The molecule has 2 aromatic rings. The normalized spacial score (nSPS) is 12.7. The van der Waals surface area contributed by atoms with Crippen molar-refractivity contribution in [3.63, 3.8) is 0 Å². The Kier molecular flexibility index (Phi) is 17.3. The monoisotopic (exact) mass is 495 g/mol. The maximum Gasteiger partial charge on any atom is 0.275 e. The van der Waals surface area contributed by atoms with Crippen molar-refractivity contribution in [2.75, 3.05) is 21.1 Å². The molecule has 184 valence electrons. The summed E-state index contributed by atoms with van der Waals surface area (Å²) < 4.78 is 12.1. The average Bonchev–Trinajstić information content (AvgIpc) is 2.77. The molecule has 2 aromatic carbocycles. The third-order valence-corrected chi connectivity index (χ3v) is 5.00. The van der Waals surface area contributed by atoms with Gasteiger partial charge in [0.25, 0.3) is 10.5 Å². The van der Waals surface area contributed by atoms with Crippen LogP contribution in [0.5, 0.6) is 0 Å². The molecule has 0 radical (unpaired) electrons. The third-order valence-electron chi connectivity index (χ3n) is 4.78. The SMILES string of the molecule is CN(C)Cc1ccc(C2CCCCC2)cc1.CNC(=O)S.Cc1ccc(F)cc1.NC(=O)S. The second kappa shape index (κ2) is 18.4. The number of thiol groups is 2. The maximum atomic E-state index is 12.1. The summed E-state index contributed by atoms with van der Waals surface area (Å²) in [6, 6.07) is 15.7. The number of carbonyl (C=O) groups is 2. The number of aryl methyl sites for hydroxylation is 1. The van der Waals surface area contributed by atoms with Gasteiger partial charge in [-0.15, -0.1) is 0 Å². The number of hydrogen-bond acceptors (Lipinski definition) is 3. The van der Waals surface area contributed by atoms with E-state index < -0.39 is 5.24 Å². The largest absolute Gasteiger partial charge is 0.361 e. The Morgan fingerprint density at radius 1 is 1.00 bits per heavy atom. The molecule has 5 nitrogen and oxygen atoms in total. The van der Waals surface area contributed by atoms with Gasteiger partial charge in [0, 0.05) is 13.6 Å². The zero-order valence-electron chi connectivity index (χ0n) is 20.1. The van der Waals surface area contributed by atoms with E-state index in [1.807, 2.05) is 6.92 Å². The van der Waals surface area contributed by atoms with E-state index in [1.54, 1.807) is 17.7 Å². The van der Waals surface area contributed by atoms with Gasteiger partial charge >= 0.3 is 0 Å². The third kappa shape index (κ3) is 18.1. The number of halogens is 1. The molecule has 0 atom stereocenters. The van der Waals surface area contributed by atoms with E-state index in [0.29, 0.717) is 0 Å². The summed E-state index contributed by atoms with van der Waals surface area (Å²) in [7, 11) is 5.76. The van der Waals surface area contributed by atoms with Crippen LogP contribution in [-0.4, -0.2) is 36.5 Å². The Balaban J connectivity index is 0.000000501. The molecule has 1 aliphatic carbocycles. The molecule has 0 bridgehead atoms. The number of nitrogens with two attached hydrogens (primary N) is 1. The number of primary amides is 1. The fraction of sp³-hybridized carbons (Fsp3) is 0.440. The van der Waals surface area contributed by atoms with Crippen LogP contribution in [0.1, 0.15) is 54.7 Å². The van der Waals surface area contributed by atoms with E-state index in [9.17, 15) is 9.18 Å². The van der Waals surface area contributed by atoms with E-state index in [1.165, 1.54) is 56.8 Å². The predicted octanol–water partition coefficient (Wildman–Crippen LogP) is 6.18. The minimum atomic E-state index is -0.639. The molecule has 0 spiro atoms. The minimum Gasteiger partial charge on any atom is -0.361 e. The lowest BCUT2D eigenvalue weighted by molar-refractivity contribution is 0.262. The summed E-state index contributed by atoms with van der Waals surface area (Å²) >= 11 is 6.45. The van der Waals surface area contributed by atoms with Gasteiger partial charge in [0.15, 0.2) is 0 Å². The molecule has 3 rings (SSSR count). The summed E-state index contributed by atoms with van der Waals surface area (Å²) in [6.07, 6.45) is 7.07. The van der Waals surface area contributed by atoms with Gasteiger partial charge in [-0.25, -0.2) is 4.39 Å². The summed E-state index contributed by atoms with van der Waals surface area (Å²) in [5, 5.41) is 1.31. The first-order valence-electron chi connectivity index (χ1n) is 10.9. The molecule has 1 fully saturated rings. The number of benzene rings is 2. The molecular weight excluding hydrogens is 457 g/mol. The number of carbonyl (C=O) groups excluding carboxylic acids is 2. The van der Waals surface area contributed by atoms with Gasteiger partial charge in [-0.2, -0.15) is 0 Å².